The van der Waals surface area contributed by atoms with Gasteiger partial charge in [0, 0.05) is 25.7 Å². The lowest BCUT2D eigenvalue weighted by Gasteiger charge is -2.23. The maximum Gasteiger partial charge on any atom is 0.242 e. The third-order valence-corrected chi connectivity index (χ3v) is 4.08. The van der Waals surface area contributed by atoms with E-state index in [1.807, 2.05) is 0 Å². The highest BCUT2D eigenvalue weighted by molar-refractivity contribution is 5.85. The Morgan fingerprint density at radius 1 is 1.15 bits per heavy atom. The van der Waals surface area contributed by atoms with Gasteiger partial charge in [0.05, 0.1) is 0 Å². The maximum absolute atomic E-state index is 12.0. The van der Waals surface area contributed by atoms with Crippen molar-refractivity contribution < 1.29 is 4.79 Å². The summed E-state index contributed by atoms with van der Waals surface area (Å²) in [6, 6.07) is 0.376. The van der Waals surface area contributed by atoms with E-state index >= 15 is 0 Å². The van der Waals surface area contributed by atoms with Crippen molar-refractivity contribution in [3.8, 4) is 0 Å². The zero-order valence-electron chi connectivity index (χ0n) is 12.7. The first kappa shape index (κ1) is 15.1. The highest BCUT2D eigenvalue weighted by atomic mass is 16.1. The van der Waals surface area contributed by atoms with Gasteiger partial charge in [-0.25, -0.2) is 4.99 Å². The minimum absolute atomic E-state index is 0.0616. The lowest BCUT2D eigenvalue weighted by molar-refractivity contribution is -0.120. The van der Waals surface area contributed by atoms with E-state index < -0.39 is 0 Å². The molecule has 0 aromatic carbocycles. The van der Waals surface area contributed by atoms with E-state index in [9.17, 15) is 4.79 Å². The average molecular weight is 280 g/mol. The fraction of sp³-hybridized carbons (Fsp3) is 0.867. The fourth-order valence-electron chi connectivity index (χ4n) is 3.02. The van der Waals surface area contributed by atoms with Crippen LogP contribution in [0.1, 0.15) is 51.9 Å². The van der Waals surface area contributed by atoms with Crippen molar-refractivity contribution in [1.29, 1.82) is 0 Å². The molecule has 0 atom stereocenters. The molecule has 2 rings (SSSR count). The van der Waals surface area contributed by atoms with E-state index in [0.717, 1.165) is 38.4 Å². The smallest absolute Gasteiger partial charge is 0.242 e. The first-order chi connectivity index (χ1) is 9.79. The second-order valence-electron chi connectivity index (χ2n) is 5.77. The topological polar surface area (TPSA) is 56.7 Å². The van der Waals surface area contributed by atoms with Crippen molar-refractivity contribution in [3.05, 3.63) is 0 Å². The molecule has 2 aliphatic rings. The Morgan fingerprint density at radius 2 is 1.85 bits per heavy atom. The Balaban J connectivity index is 1.79. The molecule has 0 spiro atoms. The minimum atomic E-state index is 0.0616. The van der Waals surface area contributed by atoms with E-state index in [2.05, 4.69) is 27.4 Å². The van der Waals surface area contributed by atoms with E-state index in [4.69, 9.17) is 0 Å². The van der Waals surface area contributed by atoms with Crippen LogP contribution in [0.5, 0.6) is 0 Å². The number of guanidine groups is 1. The normalized spacial score (nSPS) is 21.1. The van der Waals surface area contributed by atoms with Crippen molar-refractivity contribution in [2.24, 2.45) is 4.99 Å². The molecular weight excluding hydrogens is 252 g/mol. The predicted molar refractivity (Wildman–Crippen MR) is 81.8 cm³/mol. The molecule has 1 amide bonds. The van der Waals surface area contributed by atoms with Gasteiger partial charge in [0.25, 0.3) is 0 Å². The van der Waals surface area contributed by atoms with E-state index in [0.29, 0.717) is 6.04 Å². The van der Waals surface area contributed by atoms with Gasteiger partial charge < -0.3 is 15.5 Å². The third-order valence-electron chi connectivity index (χ3n) is 4.08. The monoisotopic (exact) mass is 280 g/mol. The van der Waals surface area contributed by atoms with Gasteiger partial charge in [0.2, 0.25) is 5.91 Å². The van der Waals surface area contributed by atoms with Crippen molar-refractivity contribution in [2.45, 2.75) is 57.9 Å². The standard InChI is InChI=1S/C15H28N4O/c1-2-16-15(19-10-6-7-11-19)17-12-14(20)18-13-8-4-3-5-9-13/h13H,2-12H2,1H3,(H,16,17)(H,18,20). The molecule has 114 valence electrons. The van der Waals surface area contributed by atoms with Gasteiger partial charge in [-0.3, -0.25) is 4.79 Å². The molecule has 1 aliphatic heterocycles. The molecule has 5 nitrogen and oxygen atoms in total. The quantitative estimate of drug-likeness (QED) is 0.606. The number of amides is 1. The lowest BCUT2D eigenvalue weighted by atomic mass is 9.95. The van der Waals surface area contributed by atoms with Crippen LogP contribution in [0.25, 0.3) is 0 Å². The number of hydrogen-bond acceptors (Lipinski definition) is 2. The Hall–Kier alpha value is -1.26. The first-order valence-corrected chi connectivity index (χ1v) is 8.12. The van der Waals surface area contributed by atoms with Gasteiger partial charge >= 0.3 is 0 Å². The molecule has 1 heterocycles. The summed E-state index contributed by atoms with van der Waals surface area (Å²) >= 11 is 0. The van der Waals surface area contributed by atoms with Crippen LogP contribution in [0.15, 0.2) is 4.99 Å². The van der Waals surface area contributed by atoms with Crippen LogP contribution in [0, 0.1) is 0 Å². The Kier molecular flexibility index (Phi) is 6.15. The molecule has 1 saturated carbocycles. The minimum Gasteiger partial charge on any atom is -0.357 e. The summed E-state index contributed by atoms with van der Waals surface area (Å²) in [5.74, 6) is 0.954. The summed E-state index contributed by atoms with van der Waals surface area (Å²) in [4.78, 5) is 18.7. The highest BCUT2D eigenvalue weighted by Crippen LogP contribution is 2.17. The van der Waals surface area contributed by atoms with E-state index in [1.54, 1.807) is 0 Å². The van der Waals surface area contributed by atoms with Gasteiger partial charge in [0.1, 0.15) is 6.54 Å². The summed E-state index contributed by atoms with van der Waals surface area (Å²) in [6.45, 7) is 5.26. The first-order valence-electron chi connectivity index (χ1n) is 8.12. The number of carbonyl (C=O) groups is 1. The zero-order chi connectivity index (χ0) is 14.2. The number of likely N-dealkylation sites (tertiary alicyclic amines) is 1. The molecule has 20 heavy (non-hydrogen) atoms. The van der Waals surface area contributed by atoms with Crippen LogP contribution < -0.4 is 10.6 Å². The molecule has 0 unspecified atom stereocenters. The van der Waals surface area contributed by atoms with Crippen molar-refractivity contribution in [3.63, 3.8) is 0 Å². The predicted octanol–water partition coefficient (Wildman–Crippen LogP) is 1.50. The largest absolute Gasteiger partial charge is 0.357 e. The number of aliphatic imine (C=N–C) groups is 1. The number of carbonyl (C=O) groups excluding carboxylic acids is 1. The second-order valence-corrected chi connectivity index (χ2v) is 5.77. The maximum atomic E-state index is 12.0. The summed E-state index contributed by atoms with van der Waals surface area (Å²) in [6.07, 6.45) is 8.49. The molecule has 0 aromatic heterocycles. The fourth-order valence-corrected chi connectivity index (χ4v) is 3.02. The van der Waals surface area contributed by atoms with Crippen LogP contribution in [0.2, 0.25) is 0 Å². The average Bonchev–Trinajstić information content (AvgIpc) is 2.98. The van der Waals surface area contributed by atoms with Crippen molar-refractivity contribution >= 4 is 11.9 Å². The summed E-state index contributed by atoms with van der Waals surface area (Å²) in [5, 5.41) is 6.39. The lowest BCUT2D eigenvalue weighted by Crippen LogP contribution is -2.41. The Morgan fingerprint density at radius 3 is 2.50 bits per heavy atom. The van der Waals surface area contributed by atoms with Crippen LogP contribution >= 0.6 is 0 Å². The van der Waals surface area contributed by atoms with Gasteiger partial charge in [0.15, 0.2) is 5.96 Å². The van der Waals surface area contributed by atoms with Crippen LogP contribution in [-0.2, 0) is 4.79 Å². The molecule has 0 aromatic rings. The second kappa shape index (κ2) is 8.12. The Labute approximate surface area is 122 Å². The van der Waals surface area contributed by atoms with Crippen molar-refractivity contribution in [2.75, 3.05) is 26.2 Å². The van der Waals surface area contributed by atoms with Gasteiger partial charge in [-0.05, 0) is 32.6 Å². The molecule has 2 fully saturated rings. The van der Waals surface area contributed by atoms with Crippen molar-refractivity contribution in [1.82, 2.24) is 15.5 Å². The molecule has 1 aliphatic carbocycles. The molecule has 0 radical (unpaired) electrons. The van der Waals surface area contributed by atoms with E-state index in [1.165, 1.54) is 32.1 Å². The van der Waals surface area contributed by atoms with Crippen LogP contribution in [0.3, 0.4) is 0 Å². The molecule has 0 bridgehead atoms. The van der Waals surface area contributed by atoms with E-state index in [-0.39, 0.29) is 12.5 Å². The van der Waals surface area contributed by atoms with Crippen LogP contribution in [-0.4, -0.2) is 49.0 Å². The molecular formula is C15H28N4O. The zero-order valence-corrected chi connectivity index (χ0v) is 12.7. The number of nitrogens with one attached hydrogen (secondary N) is 2. The number of rotatable bonds is 4. The molecule has 2 N–H and O–H groups in total. The number of hydrogen-bond donors (Lipinski definition) is 2. The summed E-state index contributed by atoms with van der Waals surface area (Å²) in [5.41, 5.74) is 0. The van der Waals surface area contributed by atoms with Gasteiger partial charge in [-0.15, -0.1) is 0 Å². The SMILES string of the molecule is CCNC(=NCC(=O)NC1CCCCC1)N1CCCC1. The highest BCUT2D eigenvalue weighted by Gasteiger charge is 2.17. The molecule has 1 saturated heterocycles. The van der Waals surface area contributed by atoms with Gasteiger partial charge in [-0.1, -0.05) is 19.3 Å². The van der Waals surface area contributed by atoms with Gasteiger partial charge in [-0.2, -0.15) is 0 Å². The summed E-state index contributed by atoms with van der Waals surface area (Å²) in [7, 11) is 0. The Bertz CT molecular complexity index is 331. The van der Waals surface area contributed by atoms with Crippen LogP contribution in [0.4, 0.5) is 0 Å². The summed E-state index contributed by atoms with van der Waals surface area (Å²) < 4.78 is 0. The molecule has 5 heteroatoms. The number of nitrogens with zero attached hydrogens (tertiary/aromatic N) is 2. The third kappa shape index (κ3) is 4.69.